The van der Waals surface area contributed by atoms with Gasteiger partial charge in [0.05, 0.1) is 7.11 Å². The van der Waals surface area contributed by atoms with Crippen molar-refractivity contribution in [2.45, 2.75) is 13.8 Å². The van der Waals surface area contributed by atoms with E-state index in [0.29, 0.717) is 5.69 Å². The van der Waals surface area contributed by atoms with Gasteiger partial charge < -0.3 is 15.6 Å². The van der Waals surface area contributed by atoms with Gasteiger partial charge in [-0.05, 0) is 42.3 Å². The van der Waals surface area contributed by atoms with Gasteiger partial charge in [0, 0.05) is 22.4 Å². The zero-order valence-electron chi connectivity index (χ0n) is 13.0. The first-order valence-electron chi connectivity index (χ1n) is 7.19. The number of phenols is 1. The summed E-state index contributed by atoms with van der Waals surface area (Å²) in [5.41, 5.74) is 10.4. The molecule has 112 valence electrons. The lowest BCUT2D eigenvalue weighted by atomic mass is 9.91. The highest BCUT2D eigenvalue weighted by atomic mass is 16.5. The van der Waals surface area contributed by atoms with E-state index in [0.717, 1.165) is 38.8 Å². The zero-order valence-corrected chi connectivity index (χ0v) is 13.0. The molecule has 3 N–H and O–H groups in total. The molecule has 0 amide bonds. The Kier molecular flexibility index (Phi) is 3.41. The minimum atomic E-state index is 0.222. The number of anilines is 1. The number of aryl methyl sites for hydroxylation is 1. The molecule has 0 spiro atoms. The van der Waals surface area contributed by atoms with E-state index in [2.05, 4.69) is 0 Å². The Balaban J connectivity index is 2.45. The Morgan fingerprint density at radius 2 is 1.73 bits per heavy atom. The van der Waals surface area contributed by atoms with Crippen molar-refractivity contribution in [3.05, 3.63) is 53.6 Å². The van der Waals surface area contributed by atoms with Crippen LogP contribution in [0.25, 0.3) is 21.9 Å². The quantitative estimate of drug-likeness (QED) is 0.688. The second kappa shape index (κ2) is 5.26. The summed E-state index contributed by atoms with van der Waals surface area (Å²) in [6.45, 7) is 3.94. The molecular weight excluding hydrogens is 274 g/mol. The summed E-state index contributed by atoms with van der Waals surface area (Å²) in [5.74, 6) is 1.02. The largest absolute Gasteiger partial charge is 0.507 e. The molecule has 22 heavy (non-hydrogen) atoms. The summed E-state index contributed by atoms with van der Waals surface area (Å²) >= 11 is 0. The maximum absolute atomic E-state index is 10.4. The highest BCUT2D eigenvalue weighted by molar-refractivity contribution is 6.03. The lowest BCUT2D eigenvalue weighted by Crippen LogP contribution is -2.00. The van der Waals surface area contributed by atoms with Gasteiger partial charge in [0.25, 0.3) is 0 Å². The second-order valence-electron chi connectivity index (χ2n) is 5.50. The van der Waals surface area contributed by atoms with Crippen LogP contribution in [0.2, 0.25) is 0 Å². The summed E-state index contributed by atoms with van der Waals surface area (Å²) in [5, 5.41) is 12.5. The molecule has 3 nitrogen and oxygen atoms in total. The molecule has 3 aromatic rings. The van der Waals surface area contributed by atoms with Crippen LogP contribution in [0, 0.1) is 13.8 Å². The second-order valence-corrected chi connectivity index (χ2v) is 5.50. The van der Waals surface area contributed by atoms with E-state index in [1.54, 1.807) is 13.2 Å². The zero-order chi connectivity index (χ0) is 15.9. The van der Waals surface area contributed by atoms with Crippen LogP contribution in [0.1, 0.15) is 11.1 Å². The number of hydrogen-bond donors (Lipinski definition) is 2. The van der Waals surface area contributed by atoms with Crippen molar-refractivity contribution in [1.82, 2.24) is 0 Å². The highest BCUT2D eigenvalue weighted by Crippen LogP contribution is 2.44. The van der Waals surface area contributed by atoms with E-state index >= 15 is 0 Å². The van der Waals surface area contributed by atoms with Crippen LogP contribution in [-0.4, -0.2) is 12.2 Å². The average Bonchev–Trinajstić information content (AvgIpc) is 2.49. The Labute approximate surface area is 130 Å². The van der Waals surface area contributed by atoms with Crippen molar-refractivity contribution < 1.29 is 9.84 Å². The SMILES string of the molecule is COc1c(C)cc(N)c(-c2c(O)ccc3ccccc23)c1C. The summed E-state index contributed by atoms with van der Waals surface area (Å²) in [7, 11) is 1.65. The van der Waals surface area contributed by atoms with E-state index in [1.165, 1.54) is 0 Å². The van der Waals surface area contributed by atoms with Gasteiger partial charge in [-0.3, -0.25) is 0 Å². The number of ether oxygens (including phenoxy) is 1. The molecule has 0 aromatic heterocycles. The third kappa shape index (κ3) is 2.06. The van der Waals surface area contributed by atoms with E-state index < -0.39 is 0 Å². The van der Waals surface area contributed by atoms with Gasteiger partial charge in [-0.25, -0.2) is 0 Å². The van der Waals surface area contributed by atoms with Crippen molar-refractivity contribution in [2.75, 3.05) is 12.8 Å². The number of phenolic OH excluding ortho intramolecular Hbond substituents is 1. The van der Waals surface area contributed by atoms with Crippen molar-refractivity contribution in [3.8, 4) is 22.6 Å². The number of fused-ring (bicyclic) bond motifs is 1. The minimum Gasteiger partial charge on any atom is -0.507 e. The molecule has 0 unspecified atom stereocenters. The average molecular weight is 293 g/mol. The third-order valence-corrected chi connectivity index (χ3v) is 4.10. The van der Waals surface area contributed by atoms with Gasteiger partial charge in [0.15, 0.2) is 0 Å². The minimum absolute atomic E-state index is 0.222. The molecule has 0 heterocycles. The molecule has 0 atom stereocenters. The molecule has 0 saturated heterocycles. The normalized spacial score (nSPS) is 10.9. The van der Waals surface area contributed by atoms with Crippen LogP contribution < -0.4 is 10.5 Å². The smallest absolute Gasteiger partial charge is 0.125 e. The molecule has 0 saturated carbocycles. The van der Waals surface area contributed by atoms with Gasteiger partial charge in [0.1, 0.15) is 11.5 Å². The summed E-state index contributed by atoms with van der Waals surface area (Å²) in [6.07, 6.45) is 0. The van der Waals surface area contributed by atoms with Crippen LogP contribution in [0.3, 0.4) is 0 Å². The predicted molar refractivity (Wildman–Crippen MR) is 91.5 cm³/mol. The van der Waals surface area contributed by atoms with E-state index in [4.69, 9.17) is 10.5 Å². The van der Waals surface area contributed by atoms with Crippen LogP contribution >= 0.6 is 0 Å². The Morgan fingerprint density at radius 1 is 1.00 bits per heavy atom. The van der Waals surface area contributed by atoms with Crippen LogP contribution in [0.5, 0.6) is 11.5 Å². The lowest BCUT2D eigenvalue weighted by Gasteiger charge is -2.18. The van der Waals surface area contributed by atoms with Crippen LogP contribution in [0.4, 0.5) is 5.69 Å². The van der Waals surface area contributed by atoms with Crippen molar-refractivity contribution in [1.29, 1.82) is 0 Å². The number of benzene rings is 3. The van der Waals surface area contributed by atoms with Crippen molar-refractivity contribution in [3.63, 3.8) is 0 Å². The molecule has 3 heteroatoms. The third-order valence-electron chi connectivity index (χ3n) is 4.10. The topological polar surface area (TPSA) is 55.5 Å². The summed E-state index contributed by atoms with van der Waals surface area (Å²) < 4.78 is 5.51. The maximum Gasteiger partial charge on any atom is 0.125 e. The Morgan fingerprint density at radius 3 is 2.45 bits per heavy atom. The van der Waals surface area contributed by atoms with Gasteiger partial charge in [0.2, 0.25) is 0 Å². The number of aromatic hydroxyl groups is 1. The molecular formula is C19H19NO2. The predicted octanol–water partition coefficient (Wildman–Crippen LogP) is 4.42. The fraction of sp³-hybridized carbons (Fsp3) is 0.158. The molecule has 0 fully saturated rings. The van der Waals surface area contributed by atoms with Crippen molar-refractivity contribution in [2.24, 2.45) is 0 Å². The molecule has 0 aliphatic heterocycles. The van der Waals surface area contributed by atoms with Gasteiger partial charge in [-0.15, -0.1) is 0 Å². The highest BCUT2D eigenvalue weighted by Gasteiger charge is 2.18. The Hall–Kier alpha value is -2.68. The first kappa shape index (κ1) is 14.3. The molecule has 0 aliphatic carbocycles. The molecule has 0 bridgehead atoms. The lowest BCUT2D eigenvalue weighted by molar-refractivity contribution is 0.409. The standard InChI is InChI=1S/C19H19NO2/c1-11-10-15(20)17(12(2)19(11)22-3)18-14-7-5-4-6-13(14)8-9-16(18)21/h4-10,21H,20H2,1-3H3. The maximum atomic E-state index is 10.4. The fourth-order valence-corrected chi connectivity index (χ4v) is 3.17. The van der Waals surface area contributed by atoms with Crippen LogP contribution in [-0.2, 0) is 0 Å². The number of nitrogen functional groups attached to an aromatic ring is 1. The number of rotatable bonds is 2. The molecule has 3 rings (SSSR count). The molecule has 0 radical (unpaired) electrons. The van der Waals surface area contributed by atoms with Gasteiger partial charge >= 0.3 is 0 Å². The monoisotopic (exact) mass is 293 g/mol. The number of hydrogen-bond acceptors (Lipinski definition) is 3. The first-order valence-corrected chi connectivity index (χ1v) is 7.19. The Bertz CT molecular complexity index is 869. The first-order chi connectivity index (χ1) is 10.5. The number of nitrogens with two attached hydrogens (primary N) is 1. The molecule has 3 aromatic carbocycles. The van der Waals surface area contributed by atoms with Crippen LogP contribution in [0.15, 0.2) is 42.5 Å². The van der Waals surface area contributed by atoms with Crippen molar-refractivity contribution >= 4 is 16.5 Å². The fourth-order valence-electron chi connectivity index (χ4n) is 3.17. The number of methoxy groups -OCH3 is 1. The molecule has 0 aliphatic rings. The van der Waals surface area contributed by atoms with E-state index in [1.807, 2.05) is 50.2 Å². The summed E-state index contributed by atoms with van der Waals surface area (Å²) in [4.78, 5) is 0. The van der Waals surface area contributed by atoms with E-state index in [9.17, 15) is 5.11 Å². The summed E-state index contributed by atoms with van der Waals surface area (Å²) in [6, 6.07) is 13.5. The van der Waals surface area contributed by atoms with Gasteiger partial charge in [-0.2, -0.15) is 0 Å². The van der Waals surface area contributed by atoms with Gasteiger partial charge in [-0.1, -0.05) is 30.3 Å². The van der Waals surface area contributed by atoms with E-state index in [-0.39, 0.29) is 5.75 Å².